The number of rotatable bonds is 1. The maximum absolute atomic E-state index is 10.3. The van der Waals surface area contributed by atoms with Gasteiger partial charge < -0.3 is 9.84 Å². The van der Waals surface area contributed by atoms with E-state index in [4.69, 9.17) is 5.11 Å². The fraction of sp³-hybridized carbons (Fsp3) is 0.778. The van der Waals surface area contributed by atoms with E-state index in [1.54, 1.807) is 0 Å². The third-order valence-electron chi connectivity index (χ3n) is 1.45. The van der Waals surface area contributed by atoms with E-state index in [2.05, 4.69) is 11.7 Å². The molecule has 13 heavy (non-hydrogen) atoms. The zero-order chi connectivity index (χ0) is 10.4. The SMILES string of the molecule is CC(=O)OC(=O)C(C)O.CC1CC1. The Morgan fingerprint density at radius 1 is 1.46 bits per heavy atom. The minimum absolute atomic E-state index is 0.707. The van der Waals surface area contributed by atoms with Crippen molar-refractivity contribution in [3.05, 3.63) is 0 Å². The van der Waals surface area contributed by atoms with Gasteiger partial charge in [0.1, 0.15) is 6.10 Å². The van der Waals surface area contributed by atoms with Crippen LogP contribution < -0.4 is 0 Å². The van der Waals surface area contributed by atoms with Crippen LogP contribution in [0.15, 0.2) is 0 Å². The lowest BCUT2D eigenvalue weighted by Crippen LogP contribution is -2.21. The molecule has 0 spiro atoms. The van der Waals surface area contributed by atoms with Crippen LogP contribution in [0.5, 0.6) is 0 Å². The number of hydrogen-bond donors (Lipinski definition) is 1. The van der Waals surface area contributed by atoms with E-state index in [-0.39, 0.29) is 0 Å². The molecule has 1 aliphatic carbocycles. The molecular formula is C9H16O4. The molecule has 0 amide bonds. The van der Waals surface area contributed by atoms with Gasteiger partial charge in [-0.3, -0.25) is 4.79 Å². The first-order chi connectivity index (χ1) is 5.93. The van der Waals surface area contributed by atoms with Crippen LogP contribution in [0.25, 0.3) is 0 Å². The molecule has 1 saturated carbocycles. The van der Waals surface area contributed by atoms with Crippen LogP contribution >= 0.6 is 0 Å². The molecule has 0 aromatic carbocycles. The van der Waals surface area contributed by atoms with E-state index in [9.17, 15) is 9.59 Å². The smallest absolute Gasteiger partial charge is 0.342 e. The highest BCUT2D eigenvalue weighted by Crippen LogP contribution is 2.26. The largest absolute Gasteiger partial charge is 0.391 e. The monoisotopic (exact) mass is 188 g/mol. The lowest BCUT2D eigenvalue weighted by Gasteiger charge is -1.99. The van der Waals surface area contributed by atoms with E-state index in [1.165, 1.54) is 19.8 Å². The summed E-state index contributed by atoms with van der Waals surface area (Å²) in [5.41, 5.74) is 0. The molecule has 4 heteroatoms. The first-order valence-electron chi connectivity index (χ1n) is 4.33. The van der Waals surface area contributed by atoms with Crippen molar-refractivity contribution in [2.75, 3.05) is 0 Å². The maximum atomic E-state index is 10.3. The third-order valence-corrected chi connectivity index (χ3v) is 1.45. The molecule has 1 unspecified atom stereocenters. The zero-order valence-corrected chi connectivity index (χ0v) is 8.24. The molecule has 0 radical (unpaired) electrons. The molecule has 0 saturated heterocycles. The van der Waals surface area contributed by atoms with Gasteiger partial charge in [-0.15, -0.1) is 0 Å². The van der Waals surface area contributed by atoms with E-state index in [0.29, 0.717) is 0 Å². The molecule has 1 aliphatic rings. The van der Waals surface area contributed by atoms with Crippen LogP contribution in [0.1, 0.15) is 33.6 Å². The second-order valence-corrected chi connectivity index (χ2v) is 3.27. The molecule has 0 heterocycles. The molecule has 76 valence electrons. The first kappa shape index (κ1) is 12.1. The Balaban J connectivity index is 0.000000293. The molecular weight excluding hydrogens is 172 g/mol. The maximum Gasteiger partial charge on any atom is 0.342 e. The number of hydrogen-bond acceptors (Lipinski definition) is 4. The molecule has 0 aliphatic heterocycles. The normalized spacial score (nSPS) is 16.6. The number of aliphatic hydroxyl groups is 1. The molecule has 0 aromatic heterocycles. The summed E-state index contributed by atoms with van der Waals surface area (Å²) in [6, 6.07) is 0. The van der Waals surface area contributed by atoms with Gasteiger partial charge in [0.2, 0.25) is 0 Å². The molecule has 1 fully saturated rings. The van der Waals surface area contributed by atoms with Crippen LogP contribution in [0.4, 0.5) is 0 Å². The van der Waals surface area contributed by atoms with Crippen molar-refractivity contribution in [3.8, 4) is 0 Å². The van der Waals surface area contributed by atoms with Gasteiger partial charge in [-0.25, -0.2) is 4.79 Å². The summed E-state index contributed by atoms with van der Waals surface area (Å²) in [7, 11) is 0. The lowest BCUT2D eigenvalue weighted by molar-refractivity contribution is -0.163. The van der Waals surface area contributed by atoms with Crippen LogP contribution in [0.3, 0.4) is 0 Å². The summed E-state index contributed by atoms with van der Waals surface area (Å²) in [5.74, 6) is -0.539. The van der Waals surface area contributed by atoms with Crippen LogP contribution in [-0.2, 0) is 14.3 Å². The summed E-state index contributed by atoms with van der Waals surface area (Å²) in [6.45, 7) is 4.60. The van der Waals surface area contributed by atoms with E-state index < -0.39 is 18.0 Å². The minimum atomic E-state index is -1.23. The number of aliphatic hydroxyl groups excluding tert-OH is 1. The summed E-state index contributed by atoms with van der Waals surface area (Å²) in [6.07, 6.45) is 1.74. The van der Waals surface area contributed by atoms with Crippen LogP contribution in [0.2, 0.25) is 0 Å². The Morgan fingerprint density at radius 2 is 1.85 bits per heavy atom. The minimum Gasteiger partial charge on any atom is -0.391 e. The van der Waals surface area contributed by atoms with Gasteiger partial charge in [0.05, 0.1) is 0 Å². The highest BCUT2D eigenvalue weighted by Gasteiger charge is 2.12. The van der Waals surface area contributed by atoms with Gasteiger partial charge in [-0.05, 0) is 12.8 Å². The topological polar surface area (TPSA) is 63.6 Å². The summed E-state index contributed by atoms with van der Waals surface area (Å²) < 4.78 is 3.98. The molecule has 1 N–H and O–H groups in total. The predicted octanol–water partition coefficient (Wildman–Crippen LogP) is 0.873. The molecule has 4 nitrogen and oxygen atoms in total. The number of ether oxygens (including phenoxy) is 1. The predicted molar refractivity (Wildman–Crippen MR) is 46.9 cm³/mol. The van der Waals surface area contributed by atoms with Crippen molar-refractivity contribution in [2.45, 2.75) is 39.7 Å². The number of carbonyl (C=O) groups is 2. The Labute approximate surface area is 77.9 Å². The first-order valence-corrected chi connectivity index (χ1v) is 4.33. The van der Waals surface area contributed by atoms with E-state index >= 15 is 0 Å². The quantitative estimate of drug-likeness (QED) is 0.490. The van der Waals surface area contributed by atoms with Crippen molar-refractivity contribution in [3.63, 3.8) is 0 Å². The van der Waals surface area contributed by atoms with Crippen LogP contribution in [0, 0.1) is 5.92 Å². The second kappa shape index (κ2) is 5.70. The van der Waals surface area contributed by atoms with Crippen molar-refractivity contribution in [2.24, 2.45) is 5.92 Å². The van der Waals surface area contributed by atoms with Crippen molar-refractivity contribution in [1.82, 2.24) is 0 Å². The lowest BCUT2D eigenvalue weighted by atomic mass is 10.4. The van der Waals surface area contributed by atoms with Crippen molar-refractivity contribution in [1.29, 1.82) is 0 Å². The van der Waals surface area contributed by atoms with Gasteiger partial charge in [-0.2, -0.15) is 0 Å². The number of carbonyl (C=O) groups excluding carboxylic acids is 2. The fourth-order valence-electron chi connectivity index (χ4n) is 0.394. The summed E-state index contributed by atoms with van der Waals surface area (Å²) in [5, 5.41) is 8.44. The van der Waals surface area contributed by atoms with Crippen molar-refractivity contribution >= 4 is 11.9 Å². The third kappa shape index (κ3) is 9.01. The summed E-state index contributed by atoms with van der Waals surface area (Å²) >= 11 is 0. The molecule has 1 rings (SSSR count). The van der Waals surface area contributed by atoms with E-state index in [0.717, 1.165) is 12.8 Å². The van der Waals surface area contributed by atoms with Gasteiger partial charge in [0.25, 0.3) is 0 Å². The molecule has 0 aromatic rings. The van der Waals surface area contributed by atoms with Gasteiger partial charge in [-0.1, -0.05) is 19.8 Å². The highest BCUT2D eigenvalue weighted by atomic mass is 16.6. The Morgan fingerprint density at radius 3 is 1.92 bits per heavy atom. The average Bonchev–Trinajstić information content (AvgIpc) is 2.71. The Hall–Kier alpha value is -0.900. The molecule has 1 atom stereocenters. The molecule has 0 bridgehead atoms. The number of esters is 2. The highest BCUT2D eigenvalue weighted by molar-refractivity contribution is 5.86. The summed E-state index contributed by atoms with van der Waals surface area (Å²) in [4.78, 5) is 20.3. The Kier molecular flexibility index (Phi) is 5.30. The zero-order valence-electron chi connectivity index (χ0n) is 8.24. The van der Waals surface area contributed by atoms with Gasteiger partial charge >= 0.3 is 11.9 Å². The Bertz CT molecular complexity index is 182. The van der Waals surface area contributed by atoms with Crippen molar-refractivity contribution < 1.29 is 19.4 Å². The van der Waals surface area contributed by atoms with Crippen LogP contribution in [-0.4, -0.2) is 23.1 Å². The average molecular weight is 188 g/mol. The second-order valence-electron chi connectivity index (χ2n) is 3.27. The van der Waals surface area contributed by atoms with Gasteiger partial charge in [0, 0.05) is 6.92 Å². The standard InChI is InChI=1S/C5H8O4.C4H8/c1-3(6)5(8)9-4(2)7;1-4-2-3-4/h3,6H,1-2H3;4H,2-3H2,1H3. The van der Waals surface area contributed by atoms with Gasteiger partial charge in [0.15, 0.2) is 0 Å². The fourth-order valence-corrected chi connectivity index (χ4v) is 0.394. The van der Waals surface area contributed by atoms with E-state index in [1.807, 2.05) is 0 Å².